The number of nitrogens with zero attached hydrogens (tertiary/aromatic N) is 1. The number of pyridine rings is 1. The zero-order valence-corrected chi connectivity index (χ0v) is 11.8. The highest BCUT2D eigenvalue weighted by Crippen LogP contribution is 2.09. The SMILES string of the molecule is CC(C)C(CNC(=O)NCCc1ccccn1)C(=O)O. The lowest BCUT2D eigenvalue weighted by molar-refractivity contribution is -0.142. The van der Waals surface area contributed by atoms with Crippen molar-refractivity contribution in [3.63, 3.8) is 0 Å². The first kappa shape index (κ1) is 15.9. The van der Waals surface area contributed by atoms with Crippen LogP contribution in [0.25, 0.3) is 0 Å². The van der Waals surface area contributed by atoms with Crippen LogP contribution in [-0.4, -0.2) is 35.2 Å². The van der Waals surface area contributed by atoms with Crippen molar-refractivity contribution in [2.45, 2.75) is 20.3 Å². The van der Waals surface area contributed by atoms with Crippen molar-refractivity contribution in [3.8, 4) is 0 Å². The van der Waals surface area contributed by atoms with Gasteiger partial charge in [0.2, 0.25) is 0 Å². The van der Waals surface area contributed by atoms with Gasteiger partial charge in [0.15, 0.2) is 0 Å². The molecule has 0 spiro atoms. The summed E-state index contributed by atoms with van der Waals surface area (Å²) in [6.45, 7) is 4.23. The summed E-state index contributed by atoms with van der Waals surface area (Å²) < 4.78 is 0. The quantitative estimate of drug-likeness (QED) is 0.701. The molecule has 0 saturated heterocycles. The molecular formula is C14H21N3O3. The molecule has 0 aromatic carbocycles. The zero-order valence-electron chi connectivity index (χ0n) is 11.8. The zero-order chi connectivity index (χ0) is 15.0. The van der Waals surface area contributed by atoms with Crippen LogP contribution in [0, 0.1) is 11.8 Å². The summed E-state index contributed by atoms with van der Waals surface area (Å²) in [4.78, 5) is 26.7. The van der Waals surface area contributed by atoms with E-state index in [4.69, 9.17) is 5.11 Å². The van der Waals surface area contributed by atoms with Crippen LogP contribution in [0.4, 0.5) is 4.79 Å². The molecule has 1 aromatic rings. The number of carbonyl (C=O) groups is 2. The number of carboxylic acids is 1. The van der Waals surface area contributed by atoms with Gasteiger partial charge in [-0.1, -0.05) is 19.9 Å². The largest absolute Gasteiger partial charge is 0.481 e. The minimum Gasteiger partial charge on any atom is -0.481 e. The molecule has 1 atom stereocenters. The van der Waals surface area contributed by atoms with Gasteiger partial charge in [0.1, 0.15) is 0 Å². The second kappa shape index (κ2) is 8.14. The predicted octanol–water partition coefficient (Wildman–Crippen LogP) is 1.28. The maximum atomic E-state index is 11.5. The Kier molecular flexibility index (Phi) is 6.49. The van der Waals surface area contributed by atoms with Crippen molar-refractivity contribution in [2.75, 3.05) is 13.1 Å². The molecule has 0 aliphatic carbocycles. The van der Waals surface area contributed by atoms with Crippen molar-refractivity contribution < 1.29 is 14.7 Å². The molecular weight excluding hydrogens is 258 g/mol. The van der Waals surface area contributed by atoms with Crippen molar-refractivity contribution in [1.82, 2.24) is 15.6 Å². The number of amides is 2. The first-order valence-electron chi connectivity index (χ1n) is 6.65. The van der Waals surface area contributed by atoms with E-state index in [1.807, 2.05) is 32.0 Å². The van der Waals surface area contributed by atoms with E-state index in [2.05, 4.69) is 15.6 Å². The maximum absolute atomic E-state index is 11.5. The molecule has 3 N–H and O–H groups in total. The summed E-state index contributed by atoms with van der Waals surface area (Å²) in [6.07, 6.45) is 2.34. The number of aliphatic carboxylic acids is 1. The van der Waals surface area contributed by atoms with Crippen LogP contribution in [0.5, 0.6) is 0 Å². The molecule has 6 nitrogen and oxygen atoms in total. The van der Waals surface area contributed by atoms with Gasteiger partial charge in [-0.3, -0.25) is 9.78 Å². The van der Waals surface area contributed by atoms with E-state index in [-0.39, 0.29) is 18.5 Å². The Morgan fingerprint density at radius 2 is 2.05 bits per heavy atom. The molecule has 1 rings (SSSR count). The molecule has 6 heteroatoms. The number of carboxylic acid groups (broad SMARTS) is 1. The van der Waals surface area contributed by atoms with Crippen LogP contribution < -0.4 is 10.6 Å². The maximum Gasteiger partial charge on any atom is 0.314 e. The predicted molar refractivity (Wildman–Crippen MR) is 75.3 cm³/mol. The molecule has 0 fully saturated rings. The Balaban J connectivity index is 2.25. The number of carbonyl (C=O) groups excluding carboxylic acids is 1. The van der Waals surface area contributed by atoms with Crippen molar-refractivity contribution in [3.05, 3.63) is 30.1 Å². The van der Waals surface area contributed by atoms with Crippen LogP contribution in [0.15, 0.2) is 24.4 Å². The van der Waals surface area contributed by atoms with Crippen LogP contribution in [-0.2, 0) is 11.2 Å². The van der Waals surface area contributed by atoms with Gasteiger partial charge in [-0.15, -0.1) is 0 Å². The minimum absolute atomic E-state index is 0.0266. The van der Waals surface area contributed by atoms with E-state index in [1.54, 1.807) is 6.20 Å². The Hall–Kier alpha value is -2.11. The summed E-state index contributed by atoms with van der Waals surface area (Å²) in [5, 5.41) is 14.3. The second-order valence-electron chi connectivity index (χ2n) is 4.90. The van der Waals surface area contributed by atoms with E-state index in [0.717, 1.165) is 5.69 Å². The van der Waals surface area contributed by atoms with Crippen molar-refractivity contribution in [2.24, 2.45) is 11.8 Å². The lowest BCUT2D eigenvalue weighted by atomic mass is 9.96. The van der Waals surface area contributed by atoms with E-state index in [1.165, 1.54) is 0 Å². The van der Waals surface area contributed by atoms with E-state index < -0.39 is 11.9 Å². The topological polar surface area (TPSA) is 91.3 Å². The fraction of sp³-hybridized carbons (Fsp3) is 0.500. The number of urea groups is 1. The van der Waals surface area contributed by atoms with Gasteiger partial charge in [0.25, 0.3) is 0 Å². The van der Waals surface area contributed by atoms with Gasteiger partial charge >= 0.3 is 12.0 Å². The molecule has 1 heterocycles. The Morgan fingerprint density at radius 1 is 1.30 bits per heavy atom. The molecule has 20 heavy (non-hydrogen) atoms. The highest BCUT2D eigenvalue weighted by molar-refractivity contribution is 5.75. The Bertz CT molecular complexity index is 435. The van der Waals surface area contributed by atoms with Crippen LogP contribution >= 0.6 is 0 Å². The molecule has 0 saturated carbocycles. The van der Waals surface area contributed by atoms with Gasteiger partial charge in [0, 0.05) is 31.4 Å². The van der Waals surface area contributed by atoms with Gasteiger partial charge in [-0.2, -0.15) is 0 Å². The van der Waals surface area contributed by atoms with E-state index >= 15 is 0 Å². The van der Waals surface area contributed by atoms with Gasteiger partial charge < -0.3 is 15.7 Å². The van der Waals surface area contributed by atoms with Gasteiger partial charge in [0.05, 0.1) is 5.92 Å². The molecule has 1 aromatic heterocycles. The first-order valence-corrected chi connectivity index (χ1v) is 6.65. The second-order valence-corrected chi connectivity index (χ2v) is 4.90. The van der Waals surface area contributed by atoms with Crippen LogP contribution in [0.2, 0.25) is 0 Å². The molecule has 0 bridgehead atoms. The minimum atomic E-state index is -0.895. The highest BCUT2D eigenvalue weighted by Gasteiger charge is 2.21. The average molecular weight is 279 g/mol. The molecule has 0 radical (unpaired) electrons. The average Bonchev–Trinajstić information content (AvgIpc) is 2.39. The van der Waals surface area contributed by atoms with Crippen LogP contribution in [0.3, 0.4) is 0 Å². The van der Waals surface area contributed by atoms with Crippen molar-refractivity contribution >= 4 is 12.0 Å². The van der Waals surface area contributed by atoms with Crippen molar-refractivity contribution in [1.29, 1.82) is 0 Å². The fourth-order valence-corrected chi connectivity index (χ4v) is 1.72. The van der Waals surface area contributed by atoms with E-state index in [9.17, 15) is 9.59 Å². The van der Waals surface area contributed by atoms with Gasteiger partial charge in [-0.25, -0.2) is 4.79 Å². The molecule has 1 unspecified atom stereocenters. The first-order chi connectivity index (χ1) is 9.50. The standard InChI is InChI=1S/C14H21N3O3/c1-10(2)12(13(18)19)9-17-14(20)16-8-6-11-5-3-4-7-15-11/h3-5,7,10,12H,6,8-9H2,1-2H3,(H,18,19)(H2,16,17,20). The summed E-state index contributed by atoms with van der Waals surface area (Å²) in [6, 6.07) is 5.26. The summed E-state index contributed by atoms with van der Waals surface area (Å²) in [5.74, 6) is -1.49. The van der Waals surface area contributed by atoms with E-state index in [0.29, 0.717) is 13.0 Å². The Morgan fingerprint density at radius 3 is 2.60 bits per heavy atom. The number of rotatable bonds is 7. The summed E-state index contributed by atoms with van der Waals surface area (Å²) >= 11 is 0. The lowest BCUT2D eigenvalue weighted by Crippen LogP contribution is -2.41. The molecule has 0 aliphatic heterocycles. The summed E-state index contributed by atoms with van der Waals surface area (Å²) in [7, 11) is 0. The fourth-order valence-electron chi connectivity index (χ4n) is 1.72. The third-order valence-electron chi connectivity index (χ3n) is 3.00. The molecule has 110 valence electrons. The smallest absolute Gasteiger partial charge is 0.314 e. The third-order valence-corrected chi connectivity index (χ3v) is 3.00. The third kappa shape index (κ3) is 5.69. The molecule has 0 aliphatic rings. The lowest BCUT2D eigenvalue weighted by Gasteiger charge is -2.16. The number of hydrogen-bond donors (Lipinski definition) is 3. The monoisotopic (exact) mass is 279 g/mol. The summed E-state index contributed by atoms with van der Waals surface area (Å²) in [5.41, 5.74) is 0.901. The number of hydrogen-bond acceptors (Lipinski definition) is 3. The number of aromatic nitrogens is 1. The normalized spacial score (nSPS) is 11.9. The van der Waals surface area contributed by atoms with Crippen LogP contribution in [0.1, 0.15) is 19.5 Å². The van der Waals surface area contributed by atoms with Gasteiger partial charge in [-0.05, 0) is 18.1 Å². The molecule has 2 amide bonds. The number of nitrogens with one attached hydrogen (secondary N) is 2. The Labute approximate surface area is 118 Å². The highest BCUT2D eigenvalue weighted by atomic mass is 16.4.